The lowest BCUT2D eigenvalue weighted by Gasteiger charge is -2.12. The molecule has 34 heavy (non-hydrogen) atoms. The minimum absolute atomic E-state index is 0.146. The molecule has 0 atom stereocenters. The summed E-state index contributed by atoms with van der Waals surface area (Å²) >= 11 is 0. The Morgan fingerprint density at radius 1 is 1.06 bits per heavy atom. The summed E-state index contributed by atoms with van der Waals surface area (Å²) in [6.45, 7) is 4.96. The van der Waals surface area contributed by atoms with Gasteiger partial charge in [0.1, 0.15) is 28.4 Å². The molecule has 178 valence electrons. The van der Waals surface area contributed by atoms with E-state index in [-0.39, 0.29) is 23.4 Å². The Bertz CT molecular complexity index is 1310. The van der Waals surface area contributed by atoms with Gasteiger partial charge in [-0.15, -0.1) is 0 Å². The zero-order valence-corrected chi connectivity index (χ0v) is 19.8. The van der Waals surface area contributed by atoms with E-state index in [1.54, 1.807) is 37.0 Å². The fraction of sp³-hybridized carbons (Fsp3) is 0.320. The van der Waals surface area contributed by atoms with Crippen molar-refractivity contribution in [1.82, 2.24) is 19.9 Å². The molecule has 3 N–H and O–H groups in total. The number of nitrogens with two attached hydrogens (primary N) is 1. The summed E-state index contributed by atoms with van der Waals surface area (Å²) in [6, 6.07) is 12.9. The molecule has 9 heteroatoms. The molecule has 0 aliphatic heterocycles. The van der Waals surface area contributed by atoms with E-state index in [1.165, 1.54) is 0 Å². The first-order valence-electron chi connectivity index (χ1n) is 11.1. The molecule has 4 aromatic rings. The largest absolute Gasteiger partial charge is 0.497 e. The molecule has 2 aromatic carbocycles. The van der Waals surface area contributed by atoms with Crippen LogP contribution < -0.4 is 20.5 Å². The Balaban J connectivity index is 1.82. The van der Waals surface area contributed by atoms with Crippen LogP contribution in [-0.4, -0.2) is 53.9 Å². The van der Waals surface area contributed by atoms with Crippen LogP contribution in [0.4, 0.5) is 5.82 Å². The Kier molecular flexibility index (Phi) is 6.83. The van der Waals surface area contributed by atoms with Gasteiger partial charge in [-0.3, -0.25) is 9.36 Å². The highest BCUT2D eigenvalue weighted by Gasteiger charge is 2.25. The van der Waals surface area contributed by atoms with Crippen LogP contribution in [-0.2, 0) is 4.74 Å². The lowest BCUT2D eigenvalue weighted by Crippen LogP contribution is -2.26. The van der Waals surface area contributed by atoms with Gasteiger partial charge in [0.25, 0.3) is 5.91 Å². The summed E-state index contributed by atoms with van der Waals surface area (Å²) in [5.74, 6) is 1.09. The molecule has 2 heterocycles. The Morgan fingerprint density at radius 2 is 1.71 bits per heavy atom. The minimum atomic E-state index is -0.315. The first-order valence-corrected chi connectivity index (χ1v) is 11.1. The molecule has 9 nitrogen and oxygen atoms in total. The molecule has 0 unspecified atom stereocenters. The summed E-state index contributed by atoms with van der Waals surface area (Å²) in [5, 5.41) is 2.93. The van der Waals surface area contributed by atoms with E-state index in [2.05, 4.69) is 5.32 Å². The van der Waals surface area contributed by atoms with Crippen LogP contribution in [0.5, 0.6) is 11.5 Å². The number of nitrogen functional groups attached to an aromatic ring is 1. The number of ether oxygens (including phenoxy) is 3. The zero-order valence-electron chi connectivity index (χ0n) is 19.8. The third-order valence-corrected chi connectivity index (χ3v) is 5.38. The second kappa shape index (κ2) is 9.96. The fourth-order valence-corrected chi connectivity index (χ4v) is 3.75. The topological polar surface area (TPSA) is 114 Å². The van der Waals surface area contributed by atoms with Crippen LogP contribution in [0, 0.1) is 0 Å². The number of nitrogens with one attached hydrogen (secondary N) is 1. The van der Waals surface area contributed by atoms with Gasteiger partial charge in [0.2, 0.25) is 0 Å². The van der Waals surface area contributed by atoms with Crippen LogP contribution >= 0.6 is 0 Å². The van der Waals surface area contributed by atoms with Crippen molar-refractivity contribution in [2.24, 2.45) is 0 Å². The number of hydrogen-bond acceptors (Lipinski definition) is 7. The van der Waals surface area contributed by atoms with E-state index in [1.807, 2.05) is 38.1 Å². The van der Waals surface area contributed by atoms with Gasteiger partial charge in [0, 0.05) is 31.4 Å². The van der Waals surface area contributed by atoms with Gasteiger partial charge in [-0.2, -0.15) is 0 Å². The number of fused-ring (bicyclic) bond motifs is 2. The number of hydrogen-bond donors (Lipinski definition) is 2. The van der Waals surface area contributed by atoms with Gasteiger partial charge < -0.3 is 25.3 Å². The number of para-hydroxylation sites is 2. The van der Waals surface area contributed by atoms with Crippen molar-refractivity contribution in [2.75, 3.05) is 33.1 Å². The molecule has 4 rings (SSSR count). The van der Waals surface area contributed by atoms with Crippen LogP contribution in [0.1, 0.15) is 30.6 Å². The highest BCUT2D eigenvalue weighted by atomic mass is 16.5. The molecule has 0 saturated heterocycles. The summed E-state index contributed by atoms with van der Waals surface area (Å²) in [7, 11) is 3.15. The summed E-state index contributed by atoms with van der Waals surface area (Å²) in [6.07, 6.45) is 0.831. The number of rotatable bonds is 9. The van der Waals surface area contributed by atoms with Crippen molar-refractivity contribution in [3.63, 3.8) is 0 Å². The highest BCUT2D eigenvalue weighted by molar-refractivity contribution is 6.11. The Hall–Kier alpha value is -3.85. The monoisotopic (exact) mass is 463 g/mol. The maximum atomic E-state index is 13.2. The molecular formula is C25H29N5O4. The average Bonchev–Trinajstić information content (AvgIpc) is 3.12. The van der Waals surface area contributed by atoms with Gasteiger partial charge in [0.05, 0.1) is 37.0 Å². The number of methoxy groups -OCH3 is 2. The third kappa shape index (κ3) is 4.60. The lowest BCUT2D eigenvalue weighted by molar-refractivity contribution is 0.0757. The normalized spacial score (nSPS) is 11.3. The molecule has 0 spiro atoms. The molecule has 0 radical (unpaired) electrons. The molecule has 0 bridgehead atoms. The summed E-state index contributed by atoms with van der Waals surface area (Å²) < 4.78 is 18.1. The molecular weight excluding hydrogens is 434 g/mol. The highest BCUT2D eigenvalue weighted by Crippen LogP contribution is 2.34. The smallest absolute Gasteiger partial charge is 0.257 e. The SMILES string of the molecule is COc1cc(OC)cc(-n2c(N)c(C(=O)NCCCOC(C)C)c3nc4ccccc4nc32)c1. The molecule has 0 fully saturated rings. The number of carbonyl (C=O) groups excluding carboxylic acids is 1. The second-order valence-corrected chi connectivity index (χ2v) is 8.08. The fourth-order valence-electron chi connectivity index (χ4n) is 3.75. The van der Waals surface area contributed by atoms with Crippen molar-refractivity contribution < 1.29 is 19.0 Å². The van der Waals surface area contributed by atoms with E-state index in [9.17, 15) is 4.79 Å². The first-order chi connectivity index (χ1) is 16.4. The van der Waals surface area contributed by atoms with E-state index in [0.29, 0.717) is 59.0 Å². The van der Waals surface area contributed by atoms with Gasteiger partial charge in [-0.25, -0.2) is 9.97 Å². The standard InChI is InChI=1S/C25H29N5O4/c1-15(2)34-11-7-10-27-25(31)21-22-24(29-20-9-6-5-8-19(20)28-22)30(23(21)26)16-12-17(32-3)14-18(13-16)33-4/h5-6,8-9,12-15H,7,10-11,26H2,1-4H3,(H,27,31). The molecule has 0 aliphatic rings. The second-order valence-electron chi connectivity index (χ2n) is 8.08. The summed E-state index contributed by atoms with van der Waals surface area (Å²) in [4.78, 5) is 22.8. The number of aromatic nitrogens is 3. The Morgan fingerprint density at radius 3 is 2.32 bits per heavy atom. The maximum absolute atomic E-state index is 13.2. The predicted octanol–water partition coefficient (Wildman–Crippen LogP) is 3.72. The number of amides is 1. The number of benzene rings is 2. The number of anilines is 1. The van der Waals surface area contributed by atoms with E-state index >= 15 is 0 Å². The van der Waals surface area contributed by atoms with Crippen LogP contribution in [0.15, 0.2) is 42.5 Å². The maximum Gasteiger partial charge on any atom is 0.257 e. The molecule has 1 amide bonds. The van der Waals surface area contributed by atoms with E-state index in [0.717, 1.165) is 0 Å². The van der Waals surface area contributed by atoms with Gasteiger partial charge in [0.15, 0.2) is 5.65 Å². The van der Waals surface area contributed by atoms with Gasteiger partial charge in [-0.1, -0.05) is 12.1 Å². The minimum Gasteiger partial charge on any atom is -0.497 e. The average molecular weight is 464 g/mol. The zero-order chi connectivity index (χ0) is 24.2. The van der Waals surface area contributed by atoms with Crippen LogP contribution in [0.25, 0.3) is 27.9 Å². The number of nitrogens with zero attached hydrogens (tertiary/aromatic N) is 3. The summed E-state index contributed by atoms with van der Waals surface area (Å²) in [5.41, 5.74) is 9.77. The quantitative estimate of drug-likeness (QED) is 0.364. The van der Waals surface area contributed by atoms with Crippen molar-refractivity contribution in [3.05, 3.63) is 48.0 Å². The van der Waals surface area contributed by atoms with E-state index < -0.39 is 0 Å². The van der Waals surface area contributed by atoms with Crippen molar-refractivity contribution in [3.8, 4) is 17.2 Å². The number of carbonyl (C=O) groups is 1. The molecule has 0 saturated carbocycles. The Labute approximate surface area is 197 Å². The lowest BCUT2D eigenvalue weighted by atomic mass is 10.2. The molecule has 2 aromatic heterocycles. The van der Waals surface area contributed by atoms with Gasteiger partial charge >= 0.3 is 0 Å². The van der Waals surface area contributed by atoms with Crippen molar-refractivity contribution in [2.45, 2.75) is 26.4 Å². The first kappa shape index (κ1) is 23.3. The molecule has 0 aliphatic carbocycles. The van der Waals surface area contributed by atoms with Gasteiger partial charge in [-0.05, 0) is 32.4 Å². The van der Waals surface area contributed by atoms with Crippen molar-refractivity contribution in [1.29, 1.82) is 0 Å². The van der Waals surface area contributed by atoms with Crippen molar-refractivity contribution >= 4 is 33.9 Å². The van der Waals surface area contributed by atoms with E-state index in [4.69, 9.17) is 29.9 Å². The third-order valence-electron chi connectivity index (χ3n) is 5.38. The van der Waals surface area contributed by atoms with Crippen LogP contribution in [0.3, 0.4) is 0 Å². The van der Waals surface area contributed by atoms with Crippen LogP contribution in [0.2, 0.25) is 0 Å². The predicted molar refractivity (Wildman–Crippen MR) is 132 cm³/mol.